The second-order valence-corrected chi connectivity index (χ2v) is 1.35. The van der Waals surface area contributed by atoms with E-state index in [1.807, 2.05) is 0 Å². The second-order valence-electron chi connectivity index (χ2n) is 1.35. The van der Waals surface area contributed by atoms with E-state index in [1.54, 1.807) is 0 Å². The molecule has 0 radical (unpaired) electrons. The van der Waals surface area contributed by atoms with Crippen molar-refractivity contribution < 1.29 is 9.59 Å². The lowest BCUT2D eigenvalue weighted by molar-refractivity contribution is -0.106. The van der Waals surface area contributed by atoms with Gasteiger partial charge in [0, 0.05) is 18.6 Å². The minimum Gasteiger partial charge on any atom is -0.309 e. The van der Waals surface area contributed by atoms with Gasteiger partial charge in [0.25, 0.3) is 0 Å². The molecule has 3 heteroatoms. The van der Waals surface area contributed by atoms with Gasteiger partial charge in [0.05, 0.1) is 0 Å². The van der Waals surface area contributed by atoms with Crippen LogP contribution in [0.5, 0.6) is 0 Å². The fraction of sp³-hybridized carbons (Fsp3) is 0.400. The Balaban J connectivity index is 3.32. The summed E-state index contributed by atoms with van der Waals surface area (Å²) >= 11 is 0. The first kappa shape index (κ1) is 7.01. The van der Waals surface area contributed by atoms with Crippen molar-refractivity contribution in [1.82, 2.24) is 0 Å². The molecule has 0 unspecified atom stereocenters. The molecule has 0 aromatic heterocycles. The molecule has 0 fully saturated rings. The fourth-order valence-corrected chi connectivity index (χ4v) is 0.285. The van der Waals surface area contributed by atoms with Gasteiger partial charge >= 0.3 is 0 Å². The Labute approximate surface area is 47.2 Å². The maximum absolute atomic E-state index is 9.63. The van der Waals surface area contributed by atoms with Gasteiger partial charge in [0.1, 0.15) is 12.6 Å². The van der Waals surface area contributed by atoms with Crippen LogP contribution in [0.2, 0.25) is 0 Å². The monoisotopic (exact) mass is 113 g/mol. The van der Waals surface area contributed by atoms with Crippen LogP contribution in [0.4, 0.5) is 0 Å². The van der Waals surface area contributed by atoms with Crippen LogP contribution >= 0.6 is 0 Å². The molecular weight excluding hydrogens is 106 g/mol. The molecule has 0 spiro atoms. The lowest BCUT2D eigenvalue weighted by atomic mass is 10.2. The summed E-state index contributed by atoms with van der Waals surface area (Å²) in [6.45, 7) is 0. The third-order valence-corrected chi connectivity index (χ3v) is 0.659. The normalized spacial score (nSPS) is 8.00. The number of carbonyl (C=O) groups excluding carboxylic acids is 2. The molecule has 0 saturated heterocycles. The minimum absolute atomic E-state index is 0.0821. The molecule has 0 atom stereocenters. The number of nitrogens with one attached hydrogen (secondary N) is 1. The molecule has 0 aliphatic carbocycles. The highest BCUT2D eigenvalue weighted by molar-refractivity contribution is 5.98. The number of aldehydes is 2. The van der Waals surface area contributed by atoms with E-state index in [4.69, 9.17) is 5.41 Å². The molecule has 0 aromatic rings. The lowest BCUT2D eigenvalue weighted by Gasteiger charge is -1.85. The number of rotatable bonds is 4. The van der Waals surface area contributed by atoms with Crippen LogP contribution in [-0.2, 0) is 9.59 Å². The first-order valence-corrected chi connectivity index (χ1v) is 2.25. The molecule has 0 aromatic carbocycles. The quantitative estimate of drug-likeness (QED) is 0.417. The predicted molar refractivity (Wildman–Crippen MR) is 29.1 cm³/mol. The van der Waals surface area contributed by atoms with E-state index < -0.39 is 0 Å². The van der Waals surface area contributed by atoms with Gasteiger partial charge in [-0.2, -0.15) is 0 Å². The van der Waals surface area contributed by atoms with Gasteiger partial charge in [-0.25, -0.2) is 0 Å². The van der Waals surface area contributed by atoms with Crippen molar-refractivity contribution in [1.29, 1.82) is 5.41 Å². The smallest absolute Gasteiger partial charge is 0.125 e. The first-order valence-electron chi connectivity index (χ1n) is 2.25. The van der Waals surface area contributed by atoms with E-state index in [2.05, 4.69) is 0 Å². The minimum atomic E-state index is 0.0821. The van der Waals surface area contributed by atoms with Gasteiger partial charge < -0.3 is 15.0 Å². The fourth-order valence-electron chi connectivity index (χ4n) is 0.285. The molecular formula is C5H7NO2. The average Bonchev–Trinajstić information content (AvgIpc) is 1.68. The van der Waals surface area contributed by atoms with Crippen LogP contribution in [0.25, 0.3) is 0 Å². The van der Waals surface area contributed by atoms with Gasteiger partial charge in [0.2, 0.25) is 0 Å². The van der Waals surface area contributed by atoms with E-state index in [0.29, 0.717) is 12.6 Å². The van der Waals surface area contributed by atoms with Gasteiger partial charge in [-0.3, -0.25) is 0 Å². The predicted octanol–water partition coefficient (Wildman–Crippen LogP) is 0.184. The van der Waals surface area contributed by atoms with E-state index in [9.17, 15) is 9.59 Å². The van der Waals surface area contributed by atoms with Crippen molar-refractivity contribution in [3.8, 4) is 0 Å². The van der Waals surface area contributed by atoms with Crippen molar-refractivity contribution >= 4 is 18.3 Å². The molecule has 0 amide bonds. The van der Waals surface area contributed by atoms with Crippen LogP contribution in [-0.4, -0.2) is 18.3 Å². The molecule has 0 heterocycles. The average molecular weight is 113 g/mol. The Bertz CT molecular complexity index is 97.0. The van der Waals surface area contributed by atoms with E-state index >= 15 is 0 Å². The Kier molecular flexibility index (Phi) is 3.66. The number of hydrogen-bond donors (Lipinski definition) is 1. The summed E-state index contributed by atoms with van der Waals surface area (Å²) in [5, 5.41) is 6.83. The SMILES string of the molecule is N=C(CC=O)CC=O. The summed E-state index contributed by atoms with van der Waals surface area (Å²) in [4.78, 5) is 19.3. The summed E-state index contributed by atoms with van der Waals surface area (Å²) in [6.07, 6.45) is 1.40. The zero-order valence-corrected chi connectivity index (χ0v) is 4.39. The van der Waals surface area contributed by atoms with Crippen LogP contribution < -0.4 is 0 Å². The molecule has 3 nitrogen and oxygen atoms in total. The van der Waals surface area contributed by atoms with Crippen LogP contribution in [0.1, 0.15) is 12.8 Å². The maximum Gasteiger partial charge on any atom is 0.125 e. The lowest BCUT2D eigenvalue weighted by Crippen LogP contribution is -1.96. The topological polar surface area (TPSA) is 58.0 Å². The van der Waals surface area contributed by atoms with Gasteiger partial charge in [0.15, 0.2) is 0 Å². The Morgan fingerprint density at radius 3 is 1.88 bits per heavy atom. The molecule has 44 valence electrons. The Morgan fingerprint density at radius 1 is 1.25 bits per heavy atom. The number of carbonyl (C=O) groups is 2. The summed E-state index contributed by atoms with van der Waals surface area (Å²) in [5.74, 6) is 0. The highest BCUT2D eigenvalue weighted by atomic mass is 16.1. The van der Waals surface area contributed by atoms with Crippen molar-refractivity contribution in [2.75, 3.05) is 0 Å². The standard InChI is InChI=1S/C5H7NO2/c6-5(1-3-7)2-4-8/h3-4,6H,1-2H2. The number of hydrogen-bond acceptors (Lipinski definition) is 3. The van der Waals surface area contributed by atoms with Gasteiger partial charge in [-0.1, -0.05) is 0 Å². The van der Waals surface area contributed by atoms with Gasteiger partial charge in [-0.05, 0) is 0 Å². The summed E-state index contributed by atoms with van der Waals surface area (Å²) in [6, 6.07) is 0. The highest BCUT2D eigenvalue weighted by Gasteiger charge is 1.90. The largest absolute Gasteiger partial charge is 0.309 e. The zero-order chi connectivity index (χ0) is 6.41. The van der Waals surface area contributed by atoms with Crippen molar-refractivity contribution in [3.63, 3.8) is 0 Å². The summed E-state index contributed by atoms with van der Waals surface area (Å²) in [7, 11) is 0. The van der Waals surface area contributed by atoms with Crippen LogP contribution in [0, 0.1) is 5.41 Å². The van der Waals surface area contributed by atoms with Crippen LogP contribution in [0.15, 0.2) is 0 Å². The van der Waals surface area contributed by atoms with Crippen LogP contribution in [0.3, 0.4) is 0 Å². The first-order chi connectivity index (χ1) is 3.81. The third-order valence-electron chi connectivity index (χ3n) is 0.659. The molecule has 0 rings (SSSR count). The van der Waals surface area contributed by atoms with Gasteiger partial charge in [-0.15, -0.1) is 0 Å². The molecule has 0 aliphatic rings. The summed E-state index contributed by atoms with van der Waals surface area (Å²) in [5.41, 5.74) is 0.176. The molecule has 8 heavy (non-hydrogen) atoms. The highest BCUT2D eigenvalue weighted by Crippen LogP contribution is 1.81. The Morgan fingerprint density at radius 2 is 1.62 bits per heavy atom. The van der Waals surface area contributed by atoms with Crippen molar-refractivity contribution in [2.24, 2.45) is 0 Å². The van der Waals surface area contributed by atoms with E-state index in [-0.39, 0.29) is 18.6 Å². The maximum atomic E-state index is 9.63. The van der Waals surface area contributed by atoms with Crippen molar-refractivity contribution in [3.05, 3.63) is 0 Å². The van der Waals surface area contributed by atoms with E-state index in [0.717, 1.165) is 0 Å². The van der Waals surface area contributed by atoms with E-state index in [1.165, 1.54) is 0 Å². The molecule has 0 saturated carbocycles. The molecule has 0 bridgehead atoms. The molecule has 1 N–H and O–H groups in total. The molecule has 0 aliphatic heterocycles. The summed E-state index contributed by atoms with van der Waals surface area (Å²) < 4.78 is 0. The Hall–Kier alpha value is -0.990. The third kappa shape index (κ3) is 3.21. The second kappa shape index (κ2) is 4.18. The van der Waals surface area contributed by atoms with Crippen molar-refractivity contribution in [2.45, 2.75) is 12.8 Å². The zero-order valence-electron chi connectivity index (χ0n) is 4.39.